The minimum atomic E-state index is -0.775. The number of carbonyl (C=O) groups is 3. The van der Waals surface area contributed by atoms with Crippen molar-refractivity contribution in [3.05, 3.63) is 36.5 Å². The molecule has 0 N–H and O–H groups in total. The first-order valence-corrected chi connectivity index (χ1v) is 32.5. The summed E-state index contributed by atoms with van der Waals surface area (Å²) < 4.78 is 16.9. The van der Waals surface area contributed by atoms with Crippen molar-refractivity contribution in [3.63, 3.8) is 0 Å². The summed E-state index contributed by atoms with van der Waals surface area (Å²) in [6.45, 7) is 6.65. The van der Waals surface area contributed by atoms with E-state index in [0.717, 1.165) is 77.0 Å². The topological polar surface area (TPSA) is 78.9 Å². The largest absolute Gasteiger partial charge is 0.462 e. The molecular formula is C67H124O6. The van der Waals surface area contributed by atoms with Gasteiger partial charge in [0, 0.05) is 19.3 Å². The van der Waals surface area contributed by atoms with Crippen LogP contribution in [0.4, 0.5) is 0 Å². The molecule has 0 aliphatic heterocycles. The van der Waals surface area contributed by atoms with Crippen LogP contribution in [0.1, 0.15) is 355 Å². The number of carbonyl (C=O) groups excluding carboxylic acids is 3. The van der Waals surface area contributed by atoms with E-state index in [1.165, 1.54) is 238 Å². The fraction of sp³-hybridized carbons (Fsp3) is 0.866. The van der Waals surface area contributed by atoms with Gasteiger partial charge < -0.3 is 14.2 Å². The molecular weight excluding hydrogens is 901 g/mol. The van der Waals surface area contributed by atoms with E-state index >= 15 is 0 Å². The standard InChI is InChI=1S/C67H124O6/c1-4-7-10-13-16-19-22-24-26-28-29-30-31-32-33-34-35-36-37-38-39-40-42-43-45-48-51-54-57-60-66(69)72-63-64(62-71-65(68)59-56-53-50-47-21-18-15-12-9-6-3)73-67(70)61-58-55-52-49-46-44-41-27-25-23-20-17-14-11-8-5-2/h20,23,27-29,41,64H,4-19,21-22,24-26,30-40,42-63H2,1-3H3/b23-20-,29-28-,41-27-. The zero-order valence-corrected chi connectivity index (χ0v) is 49.2. The molecule has 73 heavy (non-hydrogen) atoms. The third kappa shape index (κ3) is 60.4. The van der Waals surface area contributed by atoms with E-state index in [-0.39, 0.29) is 31.1 Å². The highest BCUT2D eigenvalue weighted by molar-refractivity contribution is 5.71. The fourth-order valence-corrected chi connectivity index (χ4v) is 9.71. The van der Waals surface area contributed by atoms with Gasteiger partial charge in [0.05, 0.1) is 0 Å². The normalized spacial score (nSPS) is 12.2. The molecule has 0 aromatic heterocycles. The average Bonchev–Trinajstić information content (AvgIpc) is 3.39. The van der Waals surface area contributed by atoms with Gasteiger partial charge in [0.2, 0.25) is 0 Å². The second kappa shape index (κ2) is 62.2. The lowest BCUT2D eigenvalue weighted by atomic mass is 10.0. The van der Waals surface area contributed by atoms with Gasteiger partial charge in [-0.25, -0.2) is 0 Å². The van der Waals surface area contributed by atoms with Crippen LogP contribution in [0.5, 0.6) is 0 Å². The van der Waals surface area contributed by atoms with Gasteiger partial charge in [0.25, 0.3) is 0 Å². The molecule has 0 saturated heterocycles. The molecule has 0 aliphatic rings. The van der Waals surface area contributed by atoms with E-state index in [2.05, 4.69) is 57.2 Å². The Morgan fingerprint density at radius 1 is 0.274 bits per heavy atom. The molecule has 0 fully saturated rings. The van der Waals surface area contributed by atoms with Gasteiger partial charge in [0.15, 0.2) is 6.10 Å². The molecule has 6 heteroatoms. The summed E-state index contributed by atoms with van der Waals surface area (Å²) >= 11 is 0. The zero-order chi connectivity index (χ0) is 52.9. The number of rotatable bonds is 60. The molecule has 0 spiro atoms. The minimum absolute atomic E-state index is 0.0733. The number of hydrogen-bond donors (Lipinski definition) is 0. The molecule has 0 aromatic rings. The summed E-state index contributed by atoms with van der Waals surface area (Å²) in [5.74, 6) is -0.868. The van der Waals surface area contributed by atoms with Gasteiger partial charge in [-0.15, -0.1) is 0 Å². The molecule has 0 amide bonds. The fourth-order valence-electron chi connectivity index (χ4n) is 9.71. The van der Waals surface area contributed by atoms with Gasteiger partial charge in [-0.2, -0.15) is 0 Å². The van der Waals surface area contributed by atoms with Gasteiger partial charge in [-0.05, 0) is 77.0 Å². The molecule has 0 rings (SSSR count). The Morgan fingerprint density at radius 3 is 0.781 bits per heavy atom. The summed E-state index contributed by atoms with van der Waals surface area (Å²) in [4.78, 5) is 38.2. The molecule has 0 bridgehead atoms. The van der Waals surface area contributed by atoms with Crippen LogP contribution in [0.15, 0.2) is 36.5 Å². The van der Waals surface area contributed by atoms with Crippen LogP contribution in [0.25, 0.3) is 0 Å². The minimum Gasteiger partial charge on any atom is -0.462 e. The Balaban J connectivity index is 4.12. The number of esters is 3. The van der Waals surface area contributed by atoms with Crippen molar-refractivity contribution in [2.45, 2.75) is 361 Å². The molecule has 428 valence electrons. The van der Waals surface area contributed by atoms with Crippen LogP contribution < -0.4 is 0 Å². The molecule has 1 unspecified atom stereocenters. The summed E-state index contributed by atoms with van der Waals surface area (Å²) in [5, 5.41) is 0. The third-order valence-corrected chi connectivity index (χ3v) is 14.6. The molecule has 0 radical (unpaired) electrons. The second-order valence-electron chi connectivity index (χ2n) is 22.0. The summed E-state index contributed by atoms with van der Waals surface area (Å²) in [6.07, 6.45) is 76.0. The van der Waals surface area contributed by atoms with E-state index in [0.29, 0.717) is 19.3 Å². The van der Waals surface area contributed by atoms with Crippen molar-refractivity contribution in [2.24, 2.45) is 0 Å². The first kappa shape index (κ1) is 70.6. The Hall–Kier alpha value is -2.37. The monoisotopic (exact) mass is 1020 g/mol. The number of allylic oxidation sites excluding steroid dienone is 6. The van der Waals surface area contributed by atoms with Crippen molar-refractivity contribution in [2.75, 3.05) is 13.2 Å². The first-order chi connectivity index (χ1) is 36.0. The maximum atomic E-state index is 12.9. The quantitative estimate of drug-likeness (QED) is 0.0261. The van der Waals surface area contributed by atoms with E-state index in [4.69, 9.17) is 14.2 Å². The number of unbranched alkanes of at least 4 members (excludes halogenated alkanes) is 43. The highest BCUT2D eigenvalue weighted by atomic mass is 16.6. The summed E-state index contributed by atoms with van der Waals surface area (Å²) in [7, 11) is 0. The predicted octanol–water partition coefficient (Wildman–Crippen LogP) is 22.0. The van der Waals surface area contributed by atoms with Gasteiger partial charge in [-0.3, -0.25) is 14.4 Å². The van der Waals surface area contributed by atoms with E-state index in [1.54, 1.807) is 0 Å². The highest BCUT2D eigenvalue weighted by Gasteiger charge is 2.19. The van der Waals surface area contributed by atoms with Crippen molar-refractivity contribution in [1.82, 2.24) is 0 Å². The highest BCUT2D eigenvalue weighted by Crippen LogP contribution is 2.17. The third-order valence-electron chi connectivity index (χ3n) is 14.6. The van der Waals surface area contributed by atoms with Gasteiger partial charge in [-0.1, -0.05) is 295 Å². The number of ether oxygens (including phenoxy) is 3. The number of hydrogen-bond acceptors (Lipinski definition) is 6. The smallest absolute Gasteiger partial charge is 0.306 e. The lowest BCUT2D eigenvalue weighted by Gasteiger charge is -2.18. The maximum absolute atomic E-state index is 12.9. The van der Waals surface area contributed by atoms with E-state index in [9.17, 15) is 14.4 Å². The molecule has 0 heterocycles. The average molecular weight is 1030 g/mol. The van der Waals surface area contributed by atoms with Gasteiger partial charge >= 0.3 is 17.9 Å². The van der Waals surface area contributed by atoms with E-state index < -0.39 is 6.10 Å². The van der Waals surface area contributed by atoms with Crippen molar-refractivity contribution in [1.29, 1.82) is 0 Å². The van der Waals surface area contributed by atoms with E-state index in [1.807, 2.05) is 0 Å². The molecule has 1 atom stereocenters. The second-order valence-corrected chi connectivity index (χ2v) is 22.0. The lowest BCUT2D eigenvalue weighted by molar-refractivity contribution is -0.167. The van der Waals surface area contributed by atoms with Crippen LogP contribution in [-0.4, -0.2) is 37.2 Å². The molecule has 0 aliphatic carbocycles. The Kier molecular flexibility index (Phi) is 60.2. The summed E-state index contributed by atoms with van der Waals surface area (Å²) in [5.41, 5.74) is 0. The van der Waals surface area contributed by atoms with Crippen molar-refractivity contribution < 1.29 is 28.6 Å². The van der Waals surface area contributed by atoms with Crippen molar-refractivity contribution in [3.8, 4) is 0 Å². The van der Waals surface area contributed by atoms with Crippen LogP contribution in [0, 0.1) is 0 Å². The zero-order valence-electron chi connectivity index (χ0n) is 49.2. The lowest BCUT2D eigenvalue weighted by Crippen LogP contribution is -2.30. The SMILES string of the molecule is CCCCCC/C=C\C/C=C\CCCCCCCC(=O)OC(COC(=O)CCCCCCCCCCCC)COC(=O)CCCCCCCCCCCCCCCCCCC/C=C\CCCCCCCCCC. The molecule has 0 saturated carbocycles. The molecule has 6 nitrogen and oxygen atoms in total. The Bertz CT molecular complexity index is 1220. The van der Waals surface area contributed by atoms with Crippen LogP contribution >= 0.6 is 0 Å². The molecule has 0 aromatic carbocycles. The Morgan fingerprint density at radius 2 is 0.493 bits per heavy atom. The van der Waals surface area contributed by atoms with Crippen molar-refractivity contribution >= 4 is 17.9 Å². The summed E-state index contributed by atoms with van der Waals surface area (Å²) in [6, 6.07) is 0. The first-order valence-electron chi connectivity index (χ1n) is 32.5. The Labute approximate surface area is 455 Å². The maximum Gasteiger partial charge on any atom is 0.306 e. The van der Waals surface area contributed by atoms with Gasteiger partial charge in [0.1, 0.15) is 13.2 Å². The van der Waals surface area contributed by atoms with Crippen LogP contribution in [0.2, 0.25) is 0 Å². The van der Waals surface area contributed by atoms with Crippen LogP contribution in [0.3, 0.4) is 0 Å². The van der Waals surface area contributed by atoms with Crippen LogP contribution in [-0.2, 0) is 28.6 Å². The predicted molar refractivity (Wildman–Crippen MR) is 316 cm³/mol.